The average Bonchev–Trinajstić information content (AvgIpc) is 2.96. The van der Waals surface area contributed by atoms with Gasteiger partial charge in [0, 0.05) is 10.9 Å². The molecule has 1 aromatic heterocycles. The topological polar surface area (TPSA) is 22.1 Å². The van der Waals surface area contributed by atoms with Crippen molar-refractivity contribution in [1.82, 2.24) is 4.98 Å². The van der Waals surface area contributed by atoms with Crippen LogP contribution < -0.4 is 4.74 Å². The Labute approximate surface area is 120 Å². The summed E-state index contributed by atoms with van der Waals surface area (Å²) in [6.07, 6.45) is 0. The van der Waals surface area contributed by atoms with Crippen LogP contribution in [0.5, 0.6) is 11.5 Å². The molecule has 0 saturated carbocycles. The molecule has 1 radical (unpaired) electrons. The second-order valence-corrected chi connectivity index (χ2v) is 4.94. The van der Waals surface area contributed by atoms with Crippen LogP contribution in [0, 0.1) is 5.51 Å². The van der Waals surface area contributed by atoms with Gasteiger partial charge in [-0.1, -0.05) is 23.7 Å². The Morgan fingerprint density at radius 3 is 2.53 bits per heavy atom. The number of para-hydroxylation sites is 1. The number of thiazole rings is 1. The van der Waals surface area contributed by atoms with Gasteiger partial charge in [0.1, 0.15) is 11.5 Å². The van der Waals surface area contributed by atoms with E-state index in [1.165, 1.54) is 11.3 Å². The van der Waals surface area contributed by atoms with Crippen molar-refractivity contribution in [3.8, 4) is 22.8 Å². The molecule has 2 aromatic carbocycles. The van der Waals surface area contributed by atoms with E-state index in [4.69, 9.17) is 16.3 Å². The highest BCUT2D eigenvalue weighted by Crippen LogP contribution is 2.30. The van der Waals surface area contributed by atoms with Gasteiger partial charge in [-0.3, -0.25) is 0 Å². The standard InChI is InChI=1S/C15H9ClNOS/c16-13-3-1-2-4-15(13)18-12-7-5-11(6-8-12)14-9-19-10-17-14/h1-9H. The molecule has 0 unspecified atom stereocenters. The Hall–Kier alpha value is -1.84. The number of hydrogen-bond acceptors (Lipinski definition) is 3. The fraction of sp³-hybridized carbons (Fsp3) is 0. The van der Waals surface area contributed by atoms with E-state index in [0.717, 1.165) is 17.0 Å². The number of aromatic nitrogens is 1. The number of ether oxygens (including phenoxy) is 1. The molecule has 0 spiro atoms. The van der Waals surface area contributed by atoms with Crippen LogP contribution in [0.25, 0.3) is 11.3 Å². The SMILES string of the molecule is Clc1ccccc1Oc1ccc(-c2cs[c]n2)cc1. The number of benzene rings is 2. The summed E-state index contributed by atoms with van der Waals surface area (Å²) in [6.45, 7) is 0. The van der Waals surface area contributed by atoms with Crippen molar-refractivity contribution in [3.05, 3.63) is 64.4 Å². The van der Waals surface area contributed by atoms with Crippen molar-refractivity contribution in [3.63, 3.8) is 0 Å². The van der Waals surface area contributed by atoms with E-state index < -0.39 is 0 Å². The third kappa shape index (κ3) is 2.78. The highest BCUT2D eigenvalue weighted by molar-refractivity contribution is 7.07. The van der Waals surface area contributed by atoms with E-state index in [2.05, 4.69) is 10.5 Å². The molecule has 0 amide bonds. The molecule has 0 saturated heterocycles. The molecule has 0 bridgehead atoms. The predicted molar refractivity (Wildman–Crippen MR) is 77.9 cm³/mol. The van der Waals surface area contributed by atoms with Gasteiger partial charge in [0.25, 0.3) is 0 Å². The molecule has 0 N–H and O–H groups in total. The summed E-state index contributed by atoms with van der Waals surface area (Å²) in [4.78, 5) is 4.15. The van der Waals surface area contributed by atoms with Gasteiger partial charge in [0.2, 0.25) is 0 Å². The van der Waals surface area contributed by atoms with Crippen LogP contribution in [-0.2, 0) is 0 Å². The molecule has 0 aliphatic carbocycles. The lowest BCUT2D eigenvalue weighted by molar-refractivity contribution is 0.483. The molecule has 4 heteroatoms. The zero-order valence-corrected chi connectivity index (χ0v) is 11.4. The third-order valence-electron chi connectivity index (χ3n) is 2.60. The average molecular weight is 287 g/mol. The van der Waals surface area contributed by atoms with Gasteiger partial charge in [-0.15, -0.1) is 11.3 Å². The van der Waals surface area contributed by atoms with Crippen molar-refractivity contribution in [1.29, 1.82) is 0 Å². The molecule has 3 rings (SSSR count). The lowest BCUT2D eigenvalue weighted by Gasteiger charge is -2.07. The minimum atomic E-state index is 0.598. The van der Waals surface area contributed by atoms with Crippen molar-refractivity contribution < 1.29 is 4.74 Å². The molecule has 93 valence electrons. The highest BCUT2D eigenvalue weighted by Gasteiger charge is 2.03. The summed E-state index contributed by atoms with van der Waals surface area (Å²) >= 11 is 7.51. The van der Waals surface area contributed by atoms with Crippen molar-refractivity contribution >= 4 is 22.9 Å². The molecule has 0 aliphatic heterocycles. The van der Waals surface area contributed by atoms with E-state index in [0.29, 0.717) is 10.8 Å². The minimum absolute atomic E-state index is 0.598. The number of halogens is 1. The van der Waals surface area contributed by atoms with E-state index >= 15 is 0 Å². The van der Waals surface area contributed by atoms with Crippen LogP contribution >= 0.6 is 22.9 Å². The van der Waals surface area contributed by atoms with Crippen molar-refractivity contribution in [2.75, 3.05) is 0 Å². The fourth-order valence-corrected chi connectivity index (χ4v) is 2.34. The van der Waals surface area contributed by atoms with Gasteiger partial charge in [-0.25, -0.2) is 4.98 Å². The lowest BCUT2D eigenvalue weighted by atomic mass is 10.2. The number of rotatable bonds is 3. The van der Waals surface area contributed by atoms with E-state index in [-0.39, 0.29) is 0 Å². The molecular formula is C15H9ClNOS. The maximum atomic E-state index is 6.05. The van der Waals surface area contributed by atoms with Crippen LogP contribution in [-0.4, -0.2) is 4.98 Å². The van der Waals surface area contributed by atoms with Crippen LogP contribution in [0.2, 0.25) is 5.02 Å². The van der Waals surface area contributed by atoms with Gasteiger partial charge < -0.3 is 4.74 Å². The highest BCUT2D eigenvalue weighted by atomic mass is 35.5. The summed E-state index contributed by atoms with van der Waals surface area (Å²) in [5.41, 5.74) is 4.80. The smallest absolute Gasteiger partial charge is 0.152 e. The fourth-order valence-electron chi connectivity index (χ4n) is 1.66. The molecule has 0 fully saturated rings. The second kappa shape index (κ2) is 5.43. The Morgan fingerprint density at radius 2 is 1.84 bits per heavy atom. The Balaban J connectivity index is 1.82. The third-order valence-corrected chi connectivity index (χ3v) is 3.45. The van der Waals surface area contributed by atoms with Crippen LogP contribution in [0.15, 0.2) is 53.9 Å². The molecular weight excluding hydrogens is 278 g/mol. The lowest BCUT2D eigenvalue weighted by Crippen LogP contribution is -1.85. The maximum Gasteiger partial charge on any atom is 0.152 e. The first-order valence-corrected chi connectivity index (χ1v) is 6.93. The van der Waals surface area contributed by atoms with Crippen LogP contribution in [0.1, 0.15) is 0 Å². The first-order valence-electron chi connectivity index (χ1n) is 5.67. The van der Waals surface area contributed by atoms with Gasteiger partial charge in [-0.05, 0) is 36.4 Å². The van der Waals surface area contributed by atoms with E-state index in [1.54, 1.807) is 6.07 Å². The summed E-state index contributed by atoms with van der Waals surface area (Å²) in [7, 11) is 0. The predicted octanol–water partition coefficient (Wildman–Crippen LogP) is 5.06. The van der Waals surface area contributed by atoms with E-state index in [1.807, 2.05) is 47.8 Å². The maximum absolute atomic E-state index is 6.05. The summed E-state index contributed by atoms with van der Waals surface area (Å²) in [6, 6.07) is 15.1. The first-order chi connectivity index (χ1) is 9.33. The second-order valence-electron chi connectivity index (χ2n) is 3.88. The monoisotopic (exact) mass is 286 g/mol. The van der Waals surface area contributed by atoms with Crippen molar-refractivity contribution in [2.45, 2.75) is 0 Å². The Bertz CT molecular complexity index is 665. The zero-order chi connectivity index (χ0) is 13.1. The summed E-state index contributed by atoms with van der Waals surface area (Å²) < 4.78 is 5.72. The quantitative estimate of drug-likeness (QED) is 0.672. The zero-order valence-electron chi connectivity index (χ0n) is 9.84. The number of nitrogens with zero attached hydrogens (tertiary/aromatic N) is 1. The molecule has 1 heterocycles. The number of hydrogen-bond donors (Lipinski definition) is 0. The van der Waals surface area contributed by atoms with Gasteiger partial charge in [0.15, 0.2) is 5.51 Å². The largest absolute Gasteiger partial charge is 0.456 e. The van der Waals surface area contributed by atoms with Gasteiger partial charge in [0.05, 0.1) is 10.7 Å². The molecule has 3 aromatic rings. The molecule has 2 nitrogen and oxygen atoms in total. The van der Waals surface area contributed by atoms with Crippen molar-refractivity contribution in [2.24, 2.45) is 0 Å². The van der Waals surface area contributed by atoms with Crippen LogP contribution in [0.3, 0.4) is 0 Å². The minimum Gasteiger partial charge on any atom is -0.456 e. The Morgan fingerprint density at radius 1 is 1.05 bits per heavy atom. The first kappa shape index (κ1) is 12.2. The summed E-state index contributed by atoms with van der Waals surface area (Å²) in [5, 5.41) is 2.56. The molecule has 0 aliphatic rings. The normalized spacial score (nSPS) is 10.4. The van der Waals surface area contributed by atoms with Gasteiger partial charge >= 0.3 is 0 Å². The van der Waals surface area contributed by atoms with E-state index in [9.17, 15) is 0 Å². The van der Waals surface area contributed by atoms with Gasteiger partial charge in [-0.2, -0.15) is 0 Å². The van der Waals surface area contributed by atoms with Crippen LogP contribution in [0.4, 0.5) is 0 Å². The molecule has 19 heavy (non-hydrogen) atoms. The summed E-state index contributed by atoms with van der Waals surface area (Å²) in [5.74, 6) is 1.40. The molecule has 0 atom stereocenters. The Kier molecular flexibility index (Phi) is 3.49.